The van der Waals surface area contributed by atoms with Crippen LogP contribution in [0, 0.1) is 0 Å². The van der Waals surface area contributed by atoms with Gasteiger partial charge in [-0.2, -0.15) is 0 Å². The summed E-state index contributed by atoms with van der Waals surface area (Å²) in [5.41, 5.74) is 2.66. The van der Waals surface area contributed by atoms with E-state index in [2.05, 4.69) is 48.7 Å². The van der Waals surface area contributed by atoms with Crippen molar-refractivity contribution in [2.45, 2.75) is 52.0 Å². The van der Waals surface area contributed by atoms with Gasteiger partial charge in [-0.15, -0.1) is 0 Å². The smallest absolute Gasteiger partial charge is 0.314 e. The molecule has 0 saturated heterocycles. The van der Waals surface area contributed by atoms with Crippen LogP contribution in [0.1, 0.15) is 50.7 Å². The lowest BCUT2D eigenvalue weighted by Crippen LogP contribution is -2.41. The van der Waals surface area contributed by atoms with Crippen molar-refractivity contribution in [3.63, 3.8) is 0 Å². The fourth-order valence-electron chi connectivity index (χ4n) is 2.10. The number of aliphatic hydroxyl groups is 1. The first kappa shape index (κ1) is 17.5. The molecular weight excluding hydrogens is 264 g/mol. The second kappa shape index (κ2) is 9.40. The molecule has 0 bridgehead atoms. The third-order valence-electron chi connectivity index (χ3n) is 3.51. The lowest BCUT2D eigenvalue weighted by Gasteiger charge is -2.13. The Morgan fingerprint density at radius 3 is 2.43 bits per heavy atom. The quantitative estimate of drug-likeness (QED) is 0.645. The summed E-state index contributed by atoms with van der Waals surface area (Å²) in [6.07, 6.45) is 2.46. The second-order valence-corrected chi connectivity index (χ2v) is 5.81. The molecule has 1 atom stereocenters. The summed E-state index contributed by atoms with van der Waals surface area (Å²) < 4.78 is 0. The molecule has 118 valence electrons. The van der Waals surface area contributed by atoms with Gasteiger partial charge in [0.1, 0.15) is 0 Å². The van der Waals surface area contributed by atoms with Crippen LogP contribution >= 0.6 is 0 Å². The van der Waals surface area contributed by atoms with Crippen LogP contribution in [0.15, 0.2) is 24.3 Å². The van der Waals surface area contributed by atoms with Crippen molar-refractivity contribution < 1.29 is 9.90 Å². The van der Waals surface area contributed by atoms with Crippen LogP contribution in [0.3, 0.4) is 0 Å². The van der Waals surface area contributed by atoms with Crippen LogP contribution in [0.2, 0.25) is 0 Å². The van der Waals surface area contributed by atoms with Crippen molar-refractivity contribution in [2.75, 3.05) is 13.2 Å². The largest absolute Gasteiger partial charge is 0.396 e. The molecule has 21 heavy (non-hydrogen) atoms. The van der Waals surface area contributed by atoms with Crippen molar-refractivity contribution >= 4 is 6.03 Å². The standard InChI is InChI=1S/C17H28N2O2/c1-13(2)16-8-6-15(7-9-16)5-4-11-18-17(21)19-14(3)10-12-20/h6-9,13-14,20H,4-5,10-12H2,1-3H3,(H2,18,19,21)/t14-/m1/s1. The van der Waals surface area contributed by atoms with Crippen LogP contribution in [-0.2, 0) is 6.42 Å². The van der Waals surface area contributed by atoms with Gasteiger partial charge in [0.15, 0.2) is 0 Å². The number of amides is 2. The fourth-order valence-corrected chi connectivity index (χ4v) is 2.10. The first-order valence-electron chi connectivity index (χ1n) is 7.77. The number of hydrogen-bond acceptors (Lipinski definition) is 2. The van der Waals surface area contributed by atoms with Crippen molar-refractivity contribution in [3.05, 3.63) is 35.4 Å². The lowest BCUT2D eigenvalue weighted by atomic mass is 10.0. The molecule has 0 heterocycles. The highest BCUT2D eigenvalue weighted by atomic mass is 16.3. The summed E-state index contributed by atoms with van der Waals surface area (Å²) in [4.78, 5) is 11.6. The van der Waals surface area contributed by atoms with E-state index in [-0.39, 0.29) is 18.7 Å². The number of aryl methyl sites for hydroxylation is 1. The van der Waals surface area contributed by atoms with E-state index < -0.39 is 0 Å². The molecule has 4 nitrogen and oxygen atoms in total. The van der Waals surface area contributed by atoms with Gasteiger partial charge < -0.3 is 15.7 Å². The minimum Gasteiger partial charge on any atom is -0.396 e. The summed E-state index contributed by atoms with van der Waals surface area (Å²) in [6.45, 7) is 7.01. The molecular formula is C17H28N2O2. The molecule has 0 unspecified atom stereocenters. The molecule has 1 rings (SSSR count). The summed E-state index contributed by atoms with van der Waals surface area (Å²) in [6, 6.07) is 8.52. The van der Waals surface area contributed by atoms with E-state index in [4.69, 9.17) is 5.11 Å². The van der Waals surface area contributed by atoms with Crippen LogP contribution in [-0.4, -0.2) is 30.3 Å². The Morgan fingerprint density at radius 2 is 1.86 bits per heavy atom. The van der Waals surface area contributed by atoms with Gasteiger partial charge in [-0.25, -0.2) is 4.79 Å². The first-order valence-corrected chi connectivity index (χ1v) is 7.77. The van der Waals surface area contributed by atoms with Crippen molar-refractivity contribution in [1.29, 1.82) is 0 Å². The maximum Gasteiger partial charge on any atom is 0.314 e. The molecule has 0 aliphatic carbocycles. The Labute approximate surface area is 128 Å². The van der Waals surface area contributed by atoms with Gasteiger partial charge in [0.2, 0.25) is 0 Å². The molecule has 4 heteroatoms. The highest BCUT2D eigenvalue weighted by molar-refractivity contribution is 5.74. The SMILES string of the molecule is CC(C)c1ccc(CCCNC(=O)N[C@H](C)CCO)cc1. The maximum absolute atomic E-state index is 11.6. The van der Waals surface area contributed by atoms with E-state index in [0.29, 0.717) is 18.9 Å². The van der Waals surface area contributed by atoms with Crippen LogP contribution in [0.5, 0.6) is 0 Å². The molecule has 0 saturated carbocycles. The van der Waals surface area contributed by atoms with Crippen LogP contribution in [0.25, 0.3) is 0 Å². The van der Waals surface area contributed by atoms with Gasteiger partial charge in [-0.3, -0.25) is 0 Å². The van der Waals surface area contributed by atoms with Crippen molar-refractivity contribution in [1.82, 2.24) is 10.6 Å². The average molecular weight is 292 g/mol. The minimum absolute atomic E-state index is 0.00132. The zero-order chi connectivity index (χ0) is 15.7. The number of benzene rings is 1. The number of rotatable bonds is 8. The summed E-state index contributed by atoms with van der Waals surface area (Å²) >= 11 is 0. The minimum atomic E-state index is -0.161. The van der Waals surface area contributed by atoms with Gasteiger partial charge in [-0.05, 0) is 43.2 Å². The Bertz CT molecular complexity index is 415. The van der Waals surface area contributed by atoms with Crippen LogP contribution in [0.4, 0.5) is 4.79 Å². The van der Waals surface area contributed by atoms with Gasteiger partial charge in [0.25, 0.3) is 0 Å². The van der Waals surface area contributed by atoms with Crippen molar-refractivity contribution in [3.8, 4) is 0 Å². The second-order valence-electron chi connectivity index (χ2n) is 5.81. The summed E-state index contributed by atoms with van der Waals surface area (Å²) in [5, 5.41) is 14.4. The monoisotopic (exact) mass is 292 g/mol. The molecule has 0 aliphatic rings. The zero-order valence-corrected chi connectivity index (χ0v) is 13.4. The fraction of sp³-hybridized carbons (Fsp3) is 0.588. The normalized spacial score (nSPS) is 12.2. The first-order chi connectivity index (χ1) is 10.0. The zero-order valence-electron chi connectivity index (χ0n) is 13.4. The summed E-state index contributed by atoms with van der Waals surface area (Å²) in [7, 11) is 0. The van der Waals surface area contributed by atoms with Gasteiger partial charge in [0, 0.05) is 19.2 Å². The van der Waals surface area contributed by atoms with Crippen LogP contribution < -0.4 is 10.6 Å². The molecule has 0 spiro atoms. The predicted octanol–water partition coefficient (Wildman–Crippen LogP) is 2.81. The average Bonchev–Trinajstić information content (AvgIpc) is 2.44. The van der Waals surface area contributed by atoms with Gasteiger partial charge >= 0.3 is 6.03 Å². The third-order valence-corrected chi connectivity index (χ3v) is 3.51. The number of hydrogen-bond donors (Lipinski definition) is 3. The van der Waals surface area contributed by atoms with E-state index in [0.717, 1.165) is 12.8 Å². The molecule has 0 aliphatic heterocycles. The number of aliphatic hydroxyl groups excluding tert-OH is 1. The van der Waals surface area contributed by atoms with E-state index >= 15 is 0 Å². The lowest BCUT2D eigenvalue weighted by molar-refractivity contribution is 0.231. The molecule has 3 N–H and O–H groups in total. The Balaban J connectivity index is 2.20. The topological polar surface area (TPSA) is 61.4 Å². The molecule has 1 aromatic rings. The molecule has 2 amide bonds. The Kier molecular flexibility index (Phi) is 7.83. The van der Waals surface area contributed by atoms with E-state index in [1.165, 1.54) is 11.1 Å². The van der Waals surface area contributed by atoms with Crippen molar-refractivity contribution in [2.24, 2.45) is 0 Å². The molecule has 1 aromatic carbocycles. The molecule has 0 aromatic heterocycles. The Hall–Kier alpha value is -1.55. The van der Waals surface area contributed by atoms with E-state index in [9.17, 15) is 4.79 Å². The number of carbonyl (C=O) groups is 1. The Morgan fingerprint density at radius 1 is 1.19 bits per heavy atom. The van der Waals surface area contributed by atoms with E-state index in [1.54, 1.807) is 0 Å². The highest BCUT2D eigenvalue weighted by Gasteiger charge is 2.05. The number of carbonyl (C=O) groups excluding carboxylic acids is 1. The number of urea groups is 1. The highest BCUT2D eigenvalue weighted by Crippen LogP contribution is 2.15. The third kappa shape index (κ3) is 7.14. The molecule has 0 fully saturated rings. The number of nitrogens with one attached hydrogen (secondary N) is 2. The predicted molar refractivity (Wildman–Crippen MR) is 86.6 cm³/mol. The summed E-state index contributed by atoms with van der Waals surface area (Å²) in [5.74, 6) is 0.560. The maximum atomic E-state index is 11.6. The van der Waals surface area contributed by atoms with Gasteiger partial charge in [0.05, 0.1) is 0 Å². The van der Waals surface area contributed by atoms with E-state index in [1.807, 2.05) is 6.92 Å². The molecule has 0 radical (unpaired) electrons. The van der Waals surface area contributed by atoms with Gasteiger partial charge in [-0.1, -0.05) is 38.1 Å².